The van der Waals surface area contributed by atoms with Gasteiger partial charge in [-0.25, -0.2) is 0 Å². The third-order valence-corrected chi connectivity index (χ3v) is 2.36. The van der Waals surface area contributed by atoms with Crippen molar-refractivity contribution in [3.8, 4) is 0 Å². The Balaban J connectivity index is 2.71. The highest BCUT2D eigenvalue weighted by atomic mass is 15.3. The highest BCUT2D eigenvalue weighted by Gasteiger charge is 2.07. The molecule has 0 saturated heterocycles. The molecule has 1 atom stereocenters. The molecule has 0 aromatic rings. The van der Waals surface area contributed by atoms with Gasteiger partial charge in [0.15, 0.2) is 0 Å². The molecule has 0 amide bonds. The normalized spacial score (nSPS) is 20.3. The minimum absolute atomic E-state index is 0.336. The molecule has 80 valence electrons. The van der Waals surface area contributed by atoms with Crippen molar-refractivity contribution in [1.29, 1.82) is 0 Å². The van der Waals surface area contributed by atoms with Crippen LogP contribution in [-0.4, -0.2) is 12.8 Å². The van der Waals surface area contributed by atoms with Crippen LogP contribution < -0.4 is 5.43 Å². The summed E-state index contributed by atoms with van der Waals surface area (Å²) in [5, 5.41) is 4.13. The van der Waals surface area contributed by atoms with Crippen molar-refractivity contribution in [2.45, 2.75) is 19.8 Å². The van der Waals surface area contributed by atoms with Gasteiger partial charge in [-0.2, -0.15) is 5.10 Å². The Morgan fingerprint density at radius 1 is 1.73 bits per heavy atom. The number of hydrogen-bond donors (Lipinski definition) is 1. The fourth-order valence-electron chi connectivity index (χ4n) is 1.53. The van der Waals surface area contributed by atoms with Gasteiger partial charge < -0.3 is 5.43 Å². The van der Waals surface area contributed by atoms with Crippen LogP contribution in [0, 0.1) is 5.92 Å². The predicted octanol–water partition coefficient (Wildman–Crippen LogP) is 2.82. The molecule has 0 saturated carbocycles. The van der Waals surface area contributed by atoms with Gasteiger partial charge in [0.2, 0.25) is 0 Å². The zero-order chi connectivity index (χ0) is 10.9. The van der Waals surface area contributed by atoms with Gasteiger partial charge in [-0.15, -0.1) is 5.73 Å². The Labute approximate surface area is 91.8 Å². The molecule has 2 heteroatoms. The number of rotatable bonds is 4. The van der Waals surface area contributed by atoms with Crippen LogP contribution in [-0.2, 0) is 0 Å². The van der Waals surface area contributed by atoms with E-state index in [1.807, 2.05) is 12.3 Å². The molecule has 1 aliphatic rings. The SMILES string of the molecule is C=C=CC/C=C(\CC)C1C=CCNN=C1. The molecule has 0 bridgehead atoms. The number of nitrogens with one attached hydrogen (secondary N) is 1. The zero-order valence-corrected chi connectivity index (χ0v) is 9.24. The summed E-state index contributed by atoms with van der Waals surface area (Å²) in [6, 6.07) is 0. The molecule has 1 aliphatic heterocycles. The molecule has 1 rings (SSSR count). The van der Waals surface area contributed by atoms with E-state index >= 15 is 0 Å². The first kappa shape index (κ1) is 11.5. The minimum Gasteiger partial charge on any atom is -0.307 e. The van der Waals surface area contributed by atoms with E-state index in [4.69, 9.17) is 0 Å². The van der Waals surface area contributed by atoms with Crippen LogP contribution >= 0.6 is 0 Å². The van der Waals surface area contributed by atoms with Gasteiger partial charge in [-0.05, 0) is 18.9 Å². The standard InChI is InChI=1S/C13H18N2/c1-3-5-6-8-12(4-2)13-9-7-10-14-15-11-13/h5,7-9,11,13-14H,1,4,6,10H2,2H3/b12-8+. The van der Waals surface area contributed by atoms with Crippen LogP contribution in [0.1, 0.15) is 19.8 Å². The van der Waals surface area contributed by atoms with Gasteiger partial charge in [0, 0.05) is 12.1 Å². The summed E-state index contributed by atoms with van der Waals surface area (Å²) in [6.07, 6.45) is 12.4. The molecule has 0 aliphatic carbocycles. The van der Waals surface area contributed by atoms with E-state index in [2.05, 4.69) is 48.0 Å². The van der Waals surface area contributed by atoms with Crippen molar-refractivity contribution < 1.29 is 0 Å². The maximum absolute atomic E-state index is 4.13. The molecular weight excluding hydrogens is 184 g/mol. The number of allylic oxidation sites excluding steroid dienone is 4. The summed E-state index contributed by atoms with van der Waals surface area (Å²) in [5.74, 6) is 0.336. The molecule has 1 N–H and O–H groups in total. The van der Waals surface area contributed by atoms with Gasteiger partial charge in [0.05, 0.1) is 6.54 Å². The second-order valence-corrected chi connectivity index (χ2v) is 3.37. The van der Waals surface area contributed by atoms with E-state index in [1.54, 1.807) is 0 Å². The lowest BCUT2D eigenvalue weighted by atomic mass is 9.96. The smallest absolute Gasteiger partial charge is 0.0510 e. The van der Waals surface area contributed by atoms with Crippen molar-refractivity contribution in [3.63, 3.8) is 0 Å². The van der Waals surface area contributed by atoms with Gasteiger partial charge in [-0.3, -0.25) is 0 Å². The highest BCUT2D eigenvalue weighted by Crippen LogP contribution is 2.16. The maximum atomic E-state index is 4.13. The molecule has 0 radical (unpaired) electrons. The first-order valence-corrected chi connectivity index (χ1v) is 5.34. The second-order valence-electron chi connectivity index (χ2n) is 3.37. The van der Waals surface area contributed by atoms with Crippen LogP contribution in [0.5, 0.6) is 0 Å². The Morgan fingerprint density at radius 3 is 3.33 bits per heavy atom. The average Bonchev–Trinajstić information content (AvgIpc) is 2.53. The number of hydrogen-bond acceptors (Lipinski definition) is 2. The molecule has 1 unspecified atom stereocenters. The molecule has 1 heterocycles. The molecule has 0 aromatic carbocycles. The fourth-order valence-corrected chi connectivity index (χ4v) is 1.53. The lowest BCUT2D eigenvalue weighted by Gasteiger charge is -2.09. The van der Waals surface area contributed by atoms with E-state index in [1.165, 1.54) is 5.57 Å². The lowest BCUT2D eigenvalue weighted by molar-refractivity contribution is 0.832. The second kappa shape index (κ2) is 6.86. The van der Waals surface area contributed by atoms with Crippen molar-refractivity contribution in [3.05, 3.63) is 42.2 Å². The predicted molar refractivity (Wildman–Crippen MR) is 65.8 cm³/mol. The van der Waals surface area contributed by atoms with Crippen LogP contribution in [0.25, 0.3) is 0 Å². The van der Waals surface area contributed by atoms with Gasteiger partial charge in [0.25, 0.3) is 0 Å². The van der Waals surface area contributed by atoms with Crippen LogP contribution in [0.15, 0.2) is 47.3 Å². The summed E-state index contributed by atoms with van der Waals surface area (Å²) in [7, 11) is 0. The molecule has 15 heavy (non-hydrogen) atoms. The van der Waals surface area contributed by atoms with E-state index in [0.29, 0.717) is 5.92 Å². The third-order valence-electron chi connectivity index (χ3n) is 2.36. The monoisotopic (exact) mass is 202 g/mol. The summed E-state index contributed by atoms with van der Waals surface area (Å²) < 4.78 is 0. The fraction of sp³-hybridized carbons (Fsp3) is 0.385. The van der Waals surface area contributed by atoms with Crippen LogP contribution in [0.4, 0.5) is 0 Å². The first-order valence-electron chi connectivity index (χ1n) is 5.34. The zero-order valence-electron chi connectivity index (χ0n) is 9.24. The van der Waals surface area contributed by atoms with Crippen molar-refractivity contribution in [1.82, 2.24) is 5.43 Å². The minimum atomic E-state index is 0.336. The Bertz CT molecular complexity index is 303. The highest BCUT2D eigenvalue weighted by molar-refractivity contribution is 5.67. The summed E-state index contributed by atoms with van der Waals surface area (Å²) in [4.78, 5) is 0. The third kappa shape index (κ3) is 4.01. The van der Waals surface area contributed by atoms with Crippen LogP contribution in [0.3, 0.4) is 0 Å². The first-order chi connectivity index (χ1) is 7.38. The largest absolute Gasteiger partial charge is 0.307 e. The van der Waals surface area contributed by atoms with Crippen molar-refractivity contribution >= 4 is 6.21 Å². The Morgan fingerprint density at radius 2 is 2.60 bits per heavy atom. The maximum Gasteiger partial charge on any atom is 0.0510 e. The van der Waals surface area contributed by atoms with E-state index < -0.39 is 0 Å². The molecule has 0 aromatic heterocycles. The van der Waals surface area contributed by atoms with Crippen molar-refractivity contribution in [2.24, 2.45) is 11.0 Å². The summed E-state index contributed by atoms with van der Waals surface area (Å²) >= 11 is 0. The van der Waals surface area contributed by atoms with Crippen LogP contribution in [0.2, 0.25) is 0 Å². The molecule has 2 nitrogen and oxygen atoms in total. The molecule has 0 spiro atoms. The van der Waals surface area contributed by atoms with Gasteiger partial charge >= 0.3 is 0 Å². The van der Waals surface area contributed by atoms with Crippen molar-refractivity contribution in [2.75, 3.05) is 6.54 Å². The Kier molecular flexibility index (Phi) is 5.28. The van der Waals surface area contributed by atoms with E-state index in [0.717, 1.165) is 19.4 Å². The topological polar surface area (TPSA) is 24.4 Å². The summed E-state index contributed by atoms with van der Waals surface area (Å²) in [5.41, 5.74) is 7.12. The Hall–Kier alpha value is -1.53. The number of hydrazone groups is 1. The number of nitrogens with zero attached hydrogens (tertiary/aromatic N) is 1. The lowest BCUT2D eigenvalue weighted by Crippen LogP contribution is -2.04. The van der Waals surface area contributed by atoms with E-state index in [-0.39, 0.29) is 0 Å². The summed E-state index contributed by atoms with van der Waals surface area (Å²) in [6.45, 7) is 6.54. The molecule has 0 fully saturated rings. The van der Waals surface area contributed by atoms with Gasteiger partial charge in [0.1, 0.15) is 0 Å². The van der Waals surface area contributed by atoms with Gasteiger partial charge in [-0.1, -0.05) is 37.3 Å². The average molecular weight is 202 g/mol. The van der Waals surface area contributed by atoms with E-state index in [9.17, 15) is 0 Å². The molecular formula is C13H18N2. The quantitative estimate of drug-likeness (QED) is 0.550.